The Balaban J connectivity index is 2.74. The van der Waals surface area contributed by atoms with Crippen molar-refractivity contribution in [3.8, 4) is 5.88 Å². The average Bonchev–Trinajstić information content (AvgIpc) is 2.38. The number of aryl methyl sites for hydroxylation is 1. The maximum absolute atomic E-state index is 5.85. The van der Waals surface area contributed by atoms with Gasteiger partial charge in [0, 0.05) is 25.4 Å². The lowest BCUT2D eigenvalue weighted by Gasteiger charge is -2.15. The molecule has 120 valence electrons. The standard InChI is InChI=1S/C17H30N2O2/c1-6-7-16-8-15(11-18-10-13(2)3)9-17(19-16)21-14(4)12-20-5/h8-9,13-14,18H,6-7,10-12H2,1-5H3. The lowest BCUT2D eigenvalue weighted by molar-refractivity contribution is 0.0887. The number of pyridine rings is 1. The highest BCUT2D eigenvalue weighted by Crippen LogP contribution is 2.16. The molecule has 0 saturated carbocycles. The van der Waals surface area contributed by atoms with Gasteiger partial charge in [-0.25, -0.2) is 4.98 Å². The molecule has 1 rings (SSSR count). The van der Waals surface area contributed by atoms with Crippen molar-refractivity contribution in [2.45, 2.75) is 53.2 Å². The minimum absolute atomic E-state index is 0.0100. The summed E-state index contributed by atoms with van der Waals surface area (Å²) in [5.41, 5.74) is 2.33. The summed E-state index contributed by atoms with van der Waals surface area (Å²) in [7, 11) is 1.68. The lowest BCUT2D eigenvalue weighted by atomic mass is 10.1. The van der Waals surface area contributed by atoms with Crippen molar-refractivity contribution in [3.05, 3.63) is 23.4 Å². The first-order valence-electron chi connectivity index (χ1n) is 7.91. The molecule has 21 heavy (non-hydrogen) atoms. The van der Waals surface area contributed by atoms with Gasteiger partial charge >= 0.3 is 0 Å². The number of aromatic nitrogens is 1. The first-order valence-corrected chi connectivity index (χ1v) is 7.91. The molecule has 0 fully saturated rings. The number of hydrogen-bond acceptors (Lipinski definition) is 4. The number of nitrogens with zero attached hydrogens (tertiary/aromatic N) is 1. The molecular formula is C17H30N2O2. The minimum atomic E-state index is 0.0100. The van der Waals surface area contributed by atoms with Crippen LogP contribution in [-0.2, 0) is 17.7 Å². The molecule has 1 aromatic heterocycles. The van der Waals surface area contributed by atoms with Crippen LogP contribution in [0.15, 0.2) is 12.1 Å². The second kappa shape index (κ2) is 9.74. The van der Waals surface area contributed by atoms with Crippen molar-refractivity contribution < 1.29 is 9.47 Å². The molecule has 4 nitrogen and oxygen atoms in total. The number of rotatable bonds is 10. The normalized spacial score (nSPS) is 12.7. The Labute approximate surface area is 129 Å². The number of hydrogen-bond donors (Lipinski definition) is 1. The predicted octanol–water partition coefficient (Wildman–Crippen LogP) is 3.19. The molecule has 0 aromatic carbocycles. The fourth-order valence-corrected chi connectivity index (χ4v) is 2.15. The van der Waals surface area contributed by atoms with Crippen LogP contribution in [0.25, 0.3) is 0 Å². The summed E-state index contributed by atoms with van der Waals surface area (Å²) < 4.78 is 11.0. The van der Waals surface area contributed by atoms with E-state index in [0.29, 0.717) is 18.4 Å². The highest BCUT2D eigenvalue weighted by Gasteiger charge is 2.08. The van der Waals surface area contributed by atoms with Gasteiger partial charge in [-0.3, -0.25) is 0 Å². The fourth-order valence-electron chi connectivity index (χ4n) is 2.15. The zero-order chi connectivity index (χ0) is 15.7. The van der Waals surface area contributed by atoms with E-state index in [1.165, 1.54) is 5.56 Å². The fraction of sp³-hybridized carbons (Fsp3) is 0.706. The molecular weight excluding hydrogens is 264 g/mol. The summed E-state index contributed by atoms with van der Waals surface area (Å²) in [5, 5.41) is 3.47. The van der Waals surface area contributed by atoms with Crippen LogP contribution < -0.4 is 10.1 Å². The Kier molecular flexibility index (Phi) is 8.31. The van der Waals surface area contributed by atoms with Crippen LogP contribution in [0.5, 0.6) is 5.88 Å². The van der Waals surface area contributed by atoms with Crippen LogP contribution in [0, 0.1) is 5.92 Å². The summed E-state index contributed by atoms with van der Waals surface area (Å²) in [4.78, 5) is 4.58. The molecule has 1 aromatic rings. The van der Waals surface area contributed by atoms with Gasteiger partial charge in [0.05, 0.1) is 6.61 Å². The molecule has 0 aliphatic rings. The van der Waals surface area contributed by atoms with Gasteiger partial charge in [-0.15, -0.1) is 0 Å². The summed E-state index contributed by atoms with van der Waals surface area (Å²) in [5.74, 6) is 1.35. The minimum Gasteiger partial charge on any atom is -0.472 e. The van der Waals surface area contributed by atoms with Crippen LogP contribution >= 0.6 is 0 Å². The van der Waals surface area contributed by atoms with Crippen molar-refractivity contribution in [1.29, 1.82) is 0 Å². The number of nitrogens with one attached hydrogen (secondary N) is 1. The van der Waals surface area contributed by atoms with Crippen LogP contribution in [0.1, 0.15) is 45.4 Å². The average molecular weight is 294 g/mol. The third-order valence-electron chi connectivity index (χ3n) is 3.03. The number of ether oxygens (including phenoxy) is 2. The molecule has 0 saturated heterocycles. The maximum atomic E-state index is 5.85. The van der Waals surface area contributed by atoms with E-state index in [-0.39, 0.29) is 6.10 Å². The summed E-state index contributed by atoms with van der Waals surface area (Å²) in [6.07, 6.45) is 2.08. The topological polar surface area (TPSA) is 43.4 Å². The Morgan fingerprint density at radius 1 is 1.24 bits per heavy atom. The van der Waals surface area contributed by atoms with E-state index in [4.69, 9.17) is 9.47 Å². The van der Waals surface area contributed by atoms with Crippen LogP contribution in [-0.4, -0.2) is 31.3 Å². The summed E-state index contributed by atoms with van der Waals surface area (Å²) in [6, 6.07) is 4.20. The second-order valence-corrected chi connectivity index (χ2v) is 5.96. The van der Waals surface area contributed by atoms with Crippen molar-refractivity contribution in [3.63, 3.8) is 0 Å². The maximum Gasteiger partial charge on any atom is 0.214 e. The molecule has 1 unspecified atom stereocenters. The first kappa shape index (κ1) is 17.9. The van der Waals surface area contributed by atoms with Crippen molar-refractivity contribution in [2.75, 3.05) is 20.3 Å². The highest BCUT2D eigenvalue weighted by atomic mass is 16.5. The Morgan fingerprint density at radius 3 is 2.62 bits per heavy atom. The Bertz CT molecular complexity index is 408. The number of methoxy groups -OCH3 is 1. The summed E-state index contributed by atoms with van der Waals surface area (Å²) in [6.45, 7) is 11.0. The van der Waals surface area contributed by atoms with E-state index < -0.39 is 0 Å². The first-order chi connectivity index (χ1) is 10.0. The molecule has 1 atom stereocenters. The van der Waals surface area contributed by atoms with Crippen molar-refractivity contribution >= 4 is 0 Å². The van der Waals surface area contributed by atoms with E-state index in [1.807, 2.05) is 13.0 Å². The van der Waals surface area contributed by atoms with Gasteiger partial charge in [-0.05, 0) is 37.4 Å². The Morgan fingerprint density at radius 2 is 2.00 bits per heavy atom. The lowest BCUT2D eigenvalue weighted by Crippen LogP contribution is -2.21. The molecule has 0 bridgehead atoms. The zero-order valence-corrected chi connectivity index (χ0v) is 14.1. The molecule has 0 aliphatic heterocycles. The quantitative estimate of drug-likeness (QED) is 0.719. The largest absolute Gasteiger partial charge is 0.472 e. The van der Waals surface area contributed by atoms with E-state index in [0.717, 1.165) is 31.6 Å². The van der Waals surface area contributed by atoms with Gasteiger partial charge in [0.25, 0.3) is 0 Å². The van der Waals surface area contributed by atoms with Crippen molar-refractivity contribution in [1.82, 2.24) is 10.3 Å². The van der Waals surface area contributed by atoms with Gasteiger partial charge in [-0.2, -0.15) is 0 Å². The monoisotopic (exact) mass is 294 g/mol. The van der Waals surface area contributed by atoms with Gasteiger partial charge in [0.2, 0.25) is 5.88 Å². The molecule has 0 spiro atoms. The van der Waals surface area contributed by atoms with Crippen LogP contribution in [0.2, 0.25) is 0 Å². The third kappa shape index (κ3) is 7.44. The van der Waals surface area contributed by atoms with Crippen LogP contribution in [0.4, 0.5) is 0 Å². The van der Waals surface area contributed by atoms with E-state index in [9.17, 15) is 0 Å². The van der Waals surface area contributed by atoms with Gasteiger partial charge in [0.1, 0.15) is 6.10 Å². The van der Waals surface area contributed by atoms with Gasteiger partial charge in [0.15, 0.2) is 0 Å². The SMILES string of the molecule is CCCc1cc(CNCC(C)C)cc(OC(C)COC)n1. The summed E-state index contributed by atoms with van der Waals surface area (Å²) >= 11 is 0. The Hall–Kier alpha value is -1.13. The van der Waals surface area contributed by atoms with Crippen LogP contribution in [0.3, 0.4) is 0 Å². The third-order valence-corrected chi connectivity index (χ3v) is 3.03. The second-order valence-electron chi connectivity index (χ2n) is 5.96. The van der Waals surface area contributed by atoms with Gasteiger partial charge in [-0.1, -0.05) is 27.2 Å². The molecule has 1 N–H and O–H groups in total. The van der Waals surface area contributed by atoms with Crippen molar-refractivity contribution in [2.24, 2.45) is 5.92 Å². The van der Waals surface area contributed by atoms with Gasteiger partial charge < -0.3 is 14.8 Å². The smallest absolute Gasteiger partial charge is 0.214 e. The molecule has 0 aliphatic carbocycles. The molecule has 0 radical (unpaired) electrons. The molecule has 1 heterocycles. The van der Waals surface area contributed by atoms with E-state index >= 15 is 0 Å². The van der Waals surface area contributed by atoms with E-state index in [1.54, 1.807) is 7.11 Å². The molecule has 0 amide bonds. The predicted molar refractivity (Wildman–Crippen MR) is 86.7 cm³/mol. The van der Waals surface area contributed by atoms with E-state index in [2.05, 4.69) is 37.1 Å². The zero-order valence-electron chi connectivity index (χ0n) is 14.1. The highest BCUT2D eigenvalue weighted by molar-refractivity contribution is 5.25. The molecule has 4 heteroatoms.